The van der Waals surface area contributed by atoms with Crippen molar-refractivity contribution in [2.75, 3.05) is 25.2 Å². The molecule has 1 aliphatic heterocycles. The van der Waals surface area contributed by atoms with Gasteiger partial charge in [-0.05, 0) is 49.1 Å². The van der Waals surface area contributed by atoms with Crippen LogP contribution in [-0.2, 0) is 5.41 Å². The topological polar surface area (TPSA) is 44.5 Å². The van der Waals surface area contributed by atoms with E-state index in [4.69, 9.17) is 15.2 Å². The van der Waals surface area contributed by atoms with Gasteiger partial charge < -0.3 is 15.2 Å². The van der Waals surface area contributed by atoms with Gasteiger partial charge in [-0.1, -0.05) is 25.3 Å². The van der Waals surface area contributed by atoms with Crippen molar-refractivity contribution < 1.29 is 9.47 Å². The first-order chi connectivity index (χ1) is 11.3. The smallest absolute Gasteiger partial charge is 0.161 e. The Kier molecular flexibility index (Phi) is 5.76. The second kappa shape index (κ2) is 7.80. The van der Waals surface area contributed by atoms with E-state index in [2.05, 4.69) is 18.2 Å². The fourth-order valence-corrected chi connectivity index (χ4v) is 4.96. The van der Waals surface area contributed by atoms with Crippen LogP contribution in [0.25, 0.3) is 0 Å². The van der Waals surface area contributed by atoms with Gasteiger partial charge in [-0.25, -0.2) is 0 Å². The first-order valence-electron chi connectivity index (χ1n) is 8.90. The lowest BCUT2D eigenvalue weighted by Gasteiger charge is -2.37. The van der Waals surface area contributed by atoms with Gasteiger partial charge in [0, 0.05) is 17.7 Å². The molecule has 1 saturated heterocycles. The summed E-state index contributed by atoms with van der Waals surface area (Å²) in [7, 11) is 1.72. The summed E-state index contributed by atoms with van der Waals surface area (Å²) in [6.07, 6.45) is 8.95. The second-order valence-corrected chi connectivity index (χ2v) is 8.02. The summed E-state index contributed by atoms with van der Waals surface area (Å²) >= 11 is 1.99. The molecule has 23 heavy (non-hydrogen) atoms. The molecule has 1 unspecified atom stereocenters. The van der Waals surface area contributed by atoms with Crippen molar-refractivity contribution in [3.8, 4) is 11.5 Å². The fourth-order valence-electron chi connectivity index (χ4n) is 3.92. The number of hydrogen-bond donors (Lipinski definition) is 1. The number of ether oxygens (including phenoxy) is 2. The van der Waals surface area contributed by atoms with E-state index in [1.165, 1.54) is 49.8 Å². The highest BCUT2D eigenvalue weighted by molar-refractivity contribution is 7.99. The molecule has 0 radical (unpaired) electrons. The maximum atomic E-state index is 6.31. The summed E-state index contributed by atoms with van der Waals surface area (Å²) in [4.78, 5) is 0. The van der Waals surface area contributed by atoms with E-state index in [0.29, 0.717) is 6.10 Å². The summed E-state index contributed by atoms with van der Waals surface area (Å²) in [5.41, 5.74) is 7.66. The van der Waals surface area contributed by atoms with Crippen LogP contribution in [0, 0.1) is 0 Å². The van der Waals surface area contributed by atoms with Gasteiger partial charge >= 0.3 is 0 Å². The van der Waals surface area contributed by atoms with Gasteiger partial charge in [0.05, 0.1) is 7.11 Å². The molecule has 0 spiro atoms. The zero-order valence-corrected chi connectivity index (χ0v) is 15.0. The quantitative estimate of drug-likeness (QED) is 0.879. The molecule has 2 N–H and O–H groups in total. The van der Waals surface area contributed by atoms with Crippen molar-refractivity contribution in [2.45, 2.75) is 56.5 Å². The number of methoxy groups -OCH3 is 1. The summed E-state index contributed by atoms with van der Waals surface area (Å²) in [5, 5.41) is 0. The van der Waals surface area contributed by atoms with Crippen LogP contribution >= 0.6 is 11.8 Å². The predicted octanol–water partition coefficient (Wildman–Crippen LogP) is 4.13. The molecular weight excluding hydrogens is 306 g/mol. The molecule has 2 aliphatic rings. The van der Waals surface area contributed by atoms with Crippen molar-refractivity contribution in [1.29, 1.82) is 0 Å². The molecule has 1 heterocycles. The van der Waals surface area contributed by atoms with Crippen LogP contribution in [-0.4, -0.2) is 31.3 Å². The molecule has 1 aliphatic carbocycles. The summed E-state index contributed by atoms with van der Waals surface area (Å²) in [6.45, 7) is 0.720. The highest BCUT2D eigenvalue weighted by atomic mass is 32.2. The first-order valence-corrected chi connectivity index (χ1v) is 10.1. The lowest BCUT2D eigenvalue weighted by Crippen LogP contribution is -2.37. The van der Waals surface area contributed by atoms with Gasteiger partial charge in [0.15, 0.2) is 11.5 Å². The van der Waals surface area contributed by atoms with E-state index in [1.807, 2.05) is 11.8 Å². The number of hydrogen-bond acceptors (Lipinski definition) is 4. The van der Waals surface area contributed by atoms with Crippen LogP contribution in [0.5, 0.6) is 11.5 Å². The van der Waals surface area contributed by atoms with E-state index in [1.54, 1.807) is 7.11 Å². The number of thioether (sulfide) groups is 1. The largest absolute Gasteiger partial charge is 0.493 e. The molecule has 0 bridgehead atoms. The van der Waals surface area contributed by atoms with Crippen molar-refractivity contribution in [3.05, 3.63) is 23.8 Å². The van der Waals surface area contributed by atoms with Crippen LogP contribution in [0.3, 0.4) is 0 Å². The van der Waals surface area contributed by atoms with Gasteiger partial charge in [-0.3, -0.25) is 0 Å². The number of nitrogens with two attached hydrogens (primary N) is 1. The molecule has 2 fully saturated rings. The third kappa shape index (κ3) is 3.80. The lowest BCUT2D eigenvalue weighted by atomic mass is 9.69. The van der Waals surface area contributed by atoms with Gasteiger partial charge in [0.2, 0.25) is 0 Å². The Hall–Kier alpha value is -0.870. The fraction of sp³-hybridized carbons (Fsp3) is 0.684. The Balaban J connectivity index is 1.85. The Morgan fingerprint density at radius 3 is 2.65 bits per heavy atom. The Bertz CT molecular complexity index is 508. The molecule has 0 aromatic heterocycles. The highest BCUT2D eigenvalue weighted by Crippen LogP contribution is 2.42. The molecule has 0 amide bonds. The SMILES string of the molecule is COc1ccc(C2(CN)CCCCC2)cc1OC1CCCSC1. The minimum absolute atomic E-state index is 0.129. The molecule has 3 nitrogen and oxygen atoms in total. The normalized spacial score (nSPS) is 24.2. The van der Waals surface area contributed by atoms with Gasteiger partial charge in [0.25, 0.3) is 0 Å². The van der Waals surface area contributed by atoms with E-state index in [9.17, 15) is 0 Å². The maximum Gasteiger partial charge on any atom is 0.161 e. The van der Waals surface area contributed by atoms with Crippen molar-refractivity contribution >= 4 is 11.8 Å². The zero-order valence-electron chi connectivity index (χ0n) is 14.2. The van der Waals surface area contributed by atoms with Crippen molar-refractivity contribution in [2.24, 2.45) is 5.73 Å². The third-order valence-corrected chi connectivity index (χ3v) is 6.57. The Morgan fingerprint density at radius 2 is 2.00 bits per heavy atom. The van der Waals surface area contributed by atoms with Crippen molar-refractivity contribution in [3.63, 3.8) is 0 Å². The van der Waals surface area contributed by atoms with Crippen LogP contribution in [0.15, 0.2) is 18.2 Å². The first kappa shape index (κ1) is 17.0. The summed E-state index contributed by atoms with van der Waals surface area (Å²) in [6, 6.07) is 6.46. The molecule has 1 atom stereocenters. The molecule has 1 saturated carbocycles. The monoisotopic (exact) mass is 335 g/mol. The third-order valence-electron chi connectivity index (χ3n) is 5.39. The standard InChI is InChI=1S/C19H29NO2S/c1-21-17-8-7-15(19(14-20)9-3-2-4-10-19)12-18(17)22-16-6-5-11-23-13-16/h7-8,12,16H,2-6,9-11,13-14,20H2,1H3. The van der Waals surface area contributed by atoms with Crippen LogP contribution in [0.1, 0.15) is 50.5 Å². The second-order valence-electron chi connectivity index (χ2n) is 6.87. The molecule has 1 aromatic carbocycles. The lowest BCUT2D eigenvalue weighted by molar-refractivity contribution is 0.201. The molecule has 1 aromatic rings. The summed E-state index contributed by atoms with van der Waals surface area (Å²) in [5.74, 6) is 4.08. The maximum absolute atomic E-state index is 6.31. The predicted molar refractivity (Wildman–Crippen MR) is 97.8 cm³/mol. The van der Waals surface area contributed by atoms with Crippen molar-refractivity contribution in [1.82, 2.24) is 0 Å². The minimum Gasteiger partial charge on any atom is -0.493 e. The number of rotatable bonds is 5. The Labute approximate surface area is 144 Å². The molecule has 4 heteroatoms. The van der Waals surface area contributed by atoms with Crippen LogP contribution < -0.4 is 15.2 Å². The molecule has 3 rings (SSSR count). The highest BCUT2D eigenvalue weighted by Gasteiger charge is 2.33. The van der Waals surface area contributed by atoms with Gasteiger partial charge in [-0.15, -0.1) is 0 Å². The molecular formula is C19H29NO2S. The van der Waals surface area contributed by atoms with E-state index in [-0.39, 0.29) is 5.41 Å². The van der Waals surface area contributed by atoms with Crippen LogP contribution in [0.2, 0.25) is 0 Å². The zero-order chi connectivity index (χ0) is 16.1. The van der Waals surface area contributed by atoms with Gasteiger partial charge in [0.1, 0.15) is 6.10 Å². The average Bonchev–Trinajstić information content (AvgIpc) is 2.63. The molecule has 128 valence electrons. The minimum atomic E-state index is 0.129. The van der Waals surface area contributed by atoms with Crippen LogP contribution in [0.4, 0.5) is 0 Å². The average molecular weight is 336 g/mol. The van der Waals surface area contributed by atoms with E-state index in [0.717, 1.165) is 30.2 Å². The summed E-state index contributed by atoms with van der Waals surface area (Å²) < 4.78 is 11.8. The Morgan fingerprint density at radius 1 is 1.17 bits per heavy atom. The van der Waals surface area contributed by atoms with E-state index >= 15 is 0 Å². The number of benzene rings is 1. The van der Waals surface area contributed by atoms with Gasteiger partial charge in [-0.2, -0.15) is 11.8 Å². The van der Waals surface area contributed by atoms with E-state index < -0.39 is 0 Å².